The lowest BCUT2D eigenvalue weighted by molar-refractivity contribution is 0.277. The molecule has 72 valence electrons. The molecule has 0 unspecified atom stereocenters. The predicted octanol–water partition coefficient (Wildman–Crippen LogP) is 1.18. The summed E-state index contributed by atoms with van der Waals surface area (Å²) in [6.45, 7) is -2.39. The maximum atomic E-state index is 11.5. The van der Waals surface area contributed by atoms with Gasteiger partial charge in [-0.15, -0.1) is 0 Å². The maximum Gasteiger partial charge on any atom is 0.272 e. The topological polar surface area (TPSA) is 66.0 Å². The zero-order valence-corrected chi connectivity index (χ0v) is 8.46. The summed E-state index contributed by atoms with van der Waals surface area (Å²) in [6.07, 6.45) is 0. The Morgan fingerprint density at radius 3 is 3.29 bits per heavy atom. The monoisotopic (exact) mass is 257 g/mol. The number of aliphatic hydroxyl groups is 1. The number of hydrogen-bond donors (Lipinski definition) is 2. The number of H-pyrrole nitrogens is 1. The van der Waals surface area contributed by atoms with Crippen molar-refractivity contribution in [1.82, 2.24) is 10.2 Å². The summed E-state index contributed by atoms with van der Waals surface area (Å²) >= 11 is 3.23. The fourth-order valence-electron chi connectivity index (χ4n) is 1.22. The Morgan fingerprint density at radius 2 is 2.50 bits per heavy atom. The molecule has 0 saturated heterocycles. The first-order valence-corrected chi connectivity index (χ1v) is 4.58. The van der Waals surface area contributed by atoms with Crippen LogP contribution < -0.4 is 5.56 Å². The van der Waals surface area contributed by atoms with E-state index < -0.39 is 12.1 Å². The number of nitrogens with zero attached hydrogens (tertiary/aromatic N) is 1. The third-order valence-corrected chi connectivity index (χ3v) is 2.34. The van der Waals surface area contributed by atoms with Gasteiger partial charge in [0, 0.05) is 9.86 Å². The summed E-state index contributed by atoms with van der Waals surface area (Å²) in [6, 6.07) is 4.77. The Labute approximate surface area is 92.0 Å². The van der Waals surface area contributed by atoms with E-state index >= 15 is 0 Å². The van der Waals surface area contributed by atoms with Gasteiger partial charge in [0.1, 0.15) is 0 Å². The lowest BCUT2D eigenvalue weighted by Crippen LogP contribution is -2.10. The number of aromatic nitrogens is 2. The summed E-state index contributed by atoms with van der Waals surface area (Å²) in [4.78, 5) is 11.5. The molecule has 2 aromatic rings. The van der Waals surface area contributed by atoms with Crippen molar-refractivity contribution in [2.45, 2.75) is 6.56 Å². The number of rotatable bonds is 2. The second-order valence-electron chi connectivity index (χ2n) is 2.69. The van der Waals surface area contributed by atoms with Gasteiger partial charge in [0.15, 0.2) is 0 Å². The van der Waals surface area contributed by atoms with Crippen LogP contribution in [-0.4, -0.2) is 16.7 Å². The van der Waals surface area contributed by atoms with Crippen LogP contribution in [0.5, 0.6) is 0 Å². The van der Waals surface area contributed by atoms with Gasteiger partial charge in [-0.1, -0.05) is 15.9 Å². The highest BCUT2D eigenvalue weighted by molar-refractivity contribution is 9.10. The molecular weight excluding hydrogens is 248 g/mol. The molecule has 0 bridgehead atoms. The quantitative estimate of drug-likeness (QED) is 0.849. The van der Waals surface area contributed by atoms with E-state index in [1.165, 1.54) is 0 Å². The average Bonchev–Trinajstić information content (AvgIpc) is 2.29. The van der Waals surface area contributed by atoms with Gasteiger partial charge < -0.3 is 5.11 Å². The lowest BCUT2D eigenvalue weighted by atomic mass is 10.1. The van der Waals surface area contributed by atoms with E-state index in [-0.39, 0.29) is 5.69 Å². The van der Waals surface area contributed by atoms with Crippen LogP contribution in [0.1, 0.15) is 8.44 Å². The van der Waals surface area contributed by atoms with Crippen molar-refractivity contribution in [1.29, 1.82) is 1.43 Å². The van der Waals surface area contributed by atoms with Crippen molar-refractivity contribution in [2.24, 2.45) is 0 Å². The van der Waals surface area contributed by atoms with E-state index in [4.69, 9.17) is 4.17 Å². The van der Waals surface area contributed by atoms with Crippen molar-refractivity contribution >= 4 is 26.7 Å². The van der Waals surface area contributed by atoms with Crippen LogP contribution in [0.2, 0.25) is 0 Å². The molecule has 0 spiro atoms. The summed E-state index contributed by atoms with van der Waals surface area (Å²) < 4.78 is 22.4. The molecule has 0 amide bonds. The van der Waals surface area contributed by atoms with Crippen LogP contribution >= 0.6 is 15.9 Å². The van der Waals surface area contributed by atoms with Gasteiger partial charge in [-0.3, -0.25) is 4.79 Å². The van der Waals surface area contributed by atoms with Gasteiger partial charge in [0.05, 0.1) is 20.4 Å². The molecule has 0 saturated carbocycles. The highest BCUT2D eigenvalue weighted by atomic mass is 79.9. The van der Waals surface area contributed by atoms with E-state index in [0.29, 0.717) is 15.2 Å². The minimum atomic E-state index is -2.39. The van der Waals surface area contributed by atoms with E-state index in [1.54, 1.807) is 18.2 Å². The van der Waals surface area contributed by atoms with Gasteiger partial charge in [-0.2, -0.15) is 5.10 Å². The molecule has 14 heavy (non-hydrogen) atoms. The molecule has 0 aliphatic rings. The number of benzene rings is 1. The third-order valence-electron chi connectivity index (χ3n) is 1.85. The minimum Gasteiger partial charge on any atom is -0.390 e. The van der Waals surface area contributed by atoms with Crippen LogP contribution in [0.15, 0.2) is 27.5 Å². The fraction of sp³-hybridized carbons (Fsp3) is 0.111. The van der Waals surface area contributed by atoms with Gasteiger partial charge >= 0.3 is 0 Å². The Morgan fingerprint density at radius 1 is 1.64 bits per heavy atom. The average molecular weight is 258 g/mol. The van der Waals surface area contributed by atoms with Gasteiger partial charge in [0.2, 0.25) is 1.43 Å². The minimum absolute atomic E-state index is 0.136. The first-order valence-electron chi connectivity index (χ1n) is 5.19. The molecule has 4 nitrogen and oxygen atoms in total. The molecule has 5 heteroatoms. The van der Waals surface area contributed by atoms with E-state index in [9.17, 15) is 4.79 Å². The first kappa shape index (κ1) is 6.31. The Bertz CT molecular complexity index is 629. The zero-order chi connectivity index (χ0) is 12.6. The van der Waals surface area contributed by atoms with Gasteiger partial charge in [0.25, 0.3) is 5.56 Å². The number of hydrogen-bond acceptors (Lipinski definition) is 3. The van der Waals surface area contributed by atoms with E-state index in [1.807, 2.05) is 0 Å². The van der Waals surface area contributed by atoms with Crippen molar-refractivity contribution in [2.75, 3.05) is 0 Å². The van der Waals surface area contributed by atoms with Crippen LogP contribution in [0, 0.1) is 0 Å². The Hall–Kier alpha value is -1.20. The standard InChI is InChI=1S/C9H7BrN2O2/c10-5-1-2-6-7(3-5)8(4-13)11-12-9(6)14/h1-3,13H,4H2,(H,12,14)/i4D2,13D. The number of aromatic amines is 1. The van der Waals surface area contributed by atoms with Crippen LogP contribution in [0.25, 0.3) is 10.8 Å². The molecule has 0 atom stereocenters. The molecule has 0 radical (unpaired) electrons. The maximum absolute atomic E-state index is 11.5. The van der Waals surface area contributed by atoms with Crippen molar-refractivity contribution in [3.05, 3.63) is 38.7 Å². The third kappa shape index (κ3) is 1.44. The molecular formula is C9H7BrN2O2. The highest BCUT2D eigenvalue weighted by Crippen LogP contribution is 2.18. The molecule has 1 aromatic heterocycles. The largest absolute Gasteiger partial charge is 0.390 e. The molecule has 2 rings (SSSR count). The van der Waals surface area contributed by atoms with Crippen molar-refractivity contribution in [3.8, 4) is 0 Å². The molecule has 0 aliphatic heterocycles. The molecule has 0 fully saturated rings. The number of fused-ring (bicyclic) bond motifs is 1. The second-order valence-corrected chi connectivity index (χ2v) is 3.61. The van der Waals surface area contributed by atoms with Crippen LogP contribution in [0.3, 0.4) is 0 Å². The van der Waals surface area contributed by atoms with Gasteiger partial charge in [-0.05, 0) is 18.2 Å². The Kier molecular flexibility index (Phi) is 1.58. The normalized spacial score (nSPS) is 14.8. The fourth-order valence-corrected chi connectivity index (χ4v) is 1.58. The lowest BCUT2D eigenvalue weighted by Gasteiger charge is -2.01. The smallest absolute Gasteiger partial charge is 0.272 e. The number of halogens is 1. The van der Waals surface area contributed by atoms with Crippen molar-refractivity contribution in [3.63, 3.8) is 0 Å². The molecule has 2 N–H and O–H groups in total. The summed E-state index contributed by atoms with van der Waals surface area (Å²) in [5.41, 5.74) is -0.555. The summed E-state index contributed by atoms with van der Waals surface area (Å²) in [7, 11) is 0. The SMILES string of the molecule is [2H]OC([2H])([2H])c1n[nH]c(=O)c2ccc(Br)cc12. The van der Waals surface area contributed by atoms with E-state index in [2.05, 4.69) is 31.2 Å². The van der Waals surface area contributed by atoms with Gasteiger partial charge in [-0.25, -0.2) is 5.10 Å². The molecule has 0 aliphatic carbocycles. The molecule has 1 aromatic carbocycles. The summed E-state index contributed by atoms with van der Waals surface area (Å²) in [5, 5.41) is 10.4. The van der Waals surface area contributed by atoms with E-state index in [0.717, 1.165) is 0 Å². The number of nitrogens with one attached hydrogen (secondary N) is 1. The highest BCUT2D eigenvalue weighted by Gasteiger charge is 2.05. The van der Waals surface area contributed by atoms with Crippen molar-refractivity contribution < 1.29 is 7.85 Å². The first-order chi connectivity index (χ1) is 7.95. The predicted molar refractivity (Wildman–Crippen MR) is 56.0 cm³/mol. The molecule has 1 heterocycles. The van der Waals surface area contributed by atoms with Crippen LogP contribution in [-0.2, 0) is 6.56 Å². The zero-order valence-electron chi connectivity index (χ0n) is 9.87. The summed E-state index contributed by atoms with van der Waals surface area (Å²) in [5.74, 6) is 0. The Balaban J connectivity index is 2.86. The van der Waals surface area contributed by atoms with Crippen LogP contribution in [0.4, 0.5) is 0 Å². The second kappa shape index (κ2) is 3.51.